The molecule has 7 heteroatoms. The van der Waals surface area contributed by atoms with Crippen molar-refractivity contribution in [2.45, 2.75) is 11.8 Å². The molecule has 172 valence electrons. The lowest BCUT2D eigenvalue weighted by Gasteiger charge is -2.15. The van der Waals surface area contributed by atoms with Crippen molar-refractivity contribution in [3.05, 3.63) is 89.2 Å². The van der Waals surface area contributed by atoms with Crippen molar-refractivity contribution in [1.82, 2.24) is 9.38 Å². The predicted molar refractivity (Wildman–Crippen MR) is 140 cm³/mol. The molecule has 0 amide bonds. The zero-order chi connectivity index (χ0) is 24.3. The molecule has 1 unspecified atom stereocenters. The SMILES string of the molecule is C=C(C)C(=O)OCCS(=O)c1ccc2c3c1cccc3c(=O)n1c3cccc4cccc(nc21)c43. The first-order chi connectivity index (χ1) is 17.0. The maximum atomic E-state index is 13.8. The molecule has 2 heterocycles. The quantitative estimate of drug-likeness (QED) is 0.151. The zero-order valence-corrected chi connectivity index (χ0v) is 19.7. The van der Waals surface area contributed by atoms with Crippen molar-refractivity contribution in [3.8, 4) is 0 Å². The number of aromatic nitrogens is 2. The van der Waals surface area contributed by atoms with E-state index in [-0.39, 0.29) is 17.9 Å². The van der Waals surface area contributed by atoms with E-state index in [9.17, 15) is 13.8 Å². The van der Waals surface area contributed by atoms with Gasteiger partial charge in [-0.2, -0.15) is 0 Å². The van der Waals surface area contributed by atoms with Crippen LogP contribution in [0, 0.1) is 0 Å². The van der Waals surface area contributed by atoms with E-state index in [1.807, 2.05) is 60.7 Å². The van der Waals surface area contributed by atoms with E-state index < -0.39 is 16.8 Å². The Hall–Kier alpha value is -4.10. The van der Waals surface area contributed by atoms with Crippen LogP contribution in [0.15, 0.2) is 88.6 Å². The summed E-state index contributed by atoms with van der Waals surface area (Å²) in [5.74, 6) is -0.358. The number of nitrogens with zero attached hydrogens (tertiary/aromatic N) is 2. The molecule has 2 aromatic heterocycles. The van der Waals surface area contributed by atoms with Crippen molar-refractivity contribution in [3.63, 3.8) is 0 Å². The number of pyridine rings is 1. The molecule has 0 aliphatic rings. The first-order valence-corrected chi connectivity index (χ1v) is 12.5. The summed E-state index contributed by atoms with van der Waals surface area (Å²) in [6.07, 6.45) is 0. The fourth-order valence-corrected chi connectivity index (χ4v) is 5.84. The highest BCUT2D eigenvalue weighted by molar-refractivity contribution is 7.85. The van der Waals surface area contributed by atoms with E-state index in [1.165, 1.54) is 0 Å². The second kappa shape index (κ2) is 7.99. The Morgan fingerprint density at radius 3 is 2.51 bits per heavy atom. The van der Waals surface area contributed by atoms with Crippen LogP contribution in [0.1, 0.15) is 6.92 Å². The molecular formula is C28H20N2O4S. The first-order valence-electron chi connectivity index (χ1n) is 11.2. The van der Waals surface area contributed by atoms with Gasteiger partial charge in [-0.15, -0.1) is 0 Å². The second-order valence-electron chi connectivity index (χ2n) is 8.53. The minimum atomic E-state index is -1.43. The third-order valence-corrected chi connectivity index (χ3v) is 7.69. The number of carbonyl (C=O) groups is 1. The Bertz CT molecular complexity index is 1920. The summed E-state index contributed by atoms with van der Waals surface area (Å²) in [6.45, 7) is 5.14. The van der Waals surface area contributed by atoms with Crippen molar-refractivity contribution >= 4 is 65.8 Å². The van der Waals surface area contributed by atoms with Crippen LogP contribution in [-0.2, 0) is 20.3 Å². The van der Waals surface area contributed by atoms with Crippen molar-refractivity contribution in [2.24, 2.45) is 0 Å². The molecule has 0 saturated heterocycles. The average molecular weight is 481 g/mol. The molecule has 35 heavy (non-hydrogen) atoms. The fourth-order valence-electron chi connectivity index (χ4n) is 4.75. The first kappa shape index (κ1) is 21.4. The van der Waals surface area contributed by atoms with E-state index in [2.05, 4.69) is 6.58 Å². The number of ether oxygens (including phenoxy) is 1. The summed E-state index contributed by atoms with van der Waals surface area (Å²) in [4.78, 5) is 30.9. The number of hydrogen-bond donors (Lipinski definition) is 0. The van der Waals surface area contributed by atoms with E-state index in [0.29, 0.717) is 21.5 Å². The second-order valence-corrected chi connectivity index (χ2v) is 10.1. The van der Waals surface area contributed by atoms with E-state index >= 15 is 0 Å². The third kappa shape index (κ3) is 3.23. The van der Waals surface area contributed by atoms with Crippen molar-refractivity contribution in [1.29, 1.82) is 0 Å². The lowest BCUT2D eigenvalue weighted by molar-refractivity contribution is -0.138. The Morgan fingerprint density at radius 2 is 1.71 bits per heavy atom. The van der Waals surface area contributed by atoms with Gasteiger partial charge in [-0.1, -0.05) is 43.0 Å². The fraction of sp³-hybridized carbons (Fsp3) is 0.107. The Kier molecular flexibility index (Phi) is 4.89. The molecular weight excluding hydrogens is 460 g/mol. The molecule has 6 rings (SSSR count). The number of hydrogen-bond acceptors (Lipinski definition) is 5. The minimum Gasteiger partial charge on any atom is -0.461 e. The Balaban J connectivity index is 1.60. The maximum Gasteiger partial charge on any atom is 0.333 e. The summed E-state index contributed by atoms with van der Waals surface area (Å²) in [5.41, 5.74) is 2.32. The number of carbonyl (C=O) groups excluding carboxylic acids is 1. The summed E-state index contributed by atoms with van der Waals surface area (Å²) in [5, 5.41) is 4.81. The van der Waals surface area contributed by atoms with Gasteiger partial charge < -0.3 is 4.74 Å². The van der Waals surface area contributed by atoms with E-state index in [4.69, 9.17) is 9.72 Å². The number of fused-ring (bicyclic) bond motifs is 3. The third-order valence-electron chi connectivity index (χ3n) is 6.31. The van der Waals surface area contributed by atoms with Gasteiger partial charge in [0.2, 0.25) is 0 Å². The van der Waals surface area contributed by atoms with Crippen LogP contribution >= 0.6 is 0 Å². The highest BCUT2D eigenvalue weighted by atomic mass is 32.2. The normalized spacial score (nSPS) is 12.7. The van der Waals surface area contributed by atoms with Crippen LogP contribution in [0.3, 0.4) is 0 Å². The van der Waals surface area contributed by atoms with Crippen LogP contribution in [0.4, 0.5) is 0 Å². The molecule has 0 saturated carbocycles. The van der Waals surface area contributed by atoms with Gasteiger partial charge >= 0.3 is 5.97 Å². The van der Waals surface area contributed by atoms with Crippen LogP contribution in [0.25, 0.3) is 49.0 Å². The molecule has 0 fully saturated rings. The summed E-state index contributed by atoms with van der Waals surface area (Å²) in [6, 6.07) is 21.0. The lowest BCUT2D eigenvalue weighted by atomic mass is 10.0. The van der Waals surface area contributed by atoms with Gasteiger partial charge in [0.15, 0.2) is 0 Å². The van der Waals surface area contributed by atoms with Gasteiger partial charge in [-0.3, -0.25) is 13.4 Å². The van der Waals surface area contributed by atoms with Gasteiger partial charge in [-0.05, 0) is 48.0 Å². The smallest absolute Gasteiger partial charge is 0.333 e. The topological polar surface area (TPSA) is 77.7 Å². The average Bonchev–Trinajstić information content (AvgIpc) is 2.86. The van der Waals surface area contributed by atoms with E-state index in [0.717, 1.165) is 38.0 Å². The van der Waals surface area contributed by atoms with Crippen molar-refractivity contribution < 1.29 is 13.7 Å². The lowest BCUT2D eigenvalue weighted by Crippen LogP contribution is -2.17. The molecule has 0 N–H and O–H groups in total. The highest BCUT2D eigenvalue weighted by Crippen LogP contribution is 2.34. The number of benzene rings is 4. The zero-order valence-electron chi connectivity index (χ0n) is 18.9. The molecule has 1 atom stereocenters. The molecule has 6 nitrogen and oxygen atoms in total. The summed E-state index contributed by atoms with van der Waals surface area (Å²) < 4.78 is 20.0. The molecule has 0 spiro atoms. The van der Waals surface area contributed by atoms with Gasteiger partial charge in [0.1, 0.15) is 12.3 Å². The largest absolute Gasteiger partial charge is 0.461 e. The monoisotopic (exact) mass is 480 g/mol. The molecule has 4 aromatic carbocycles. The molecule has 0 bridgehead atoms. The van der Waals surface area contributed by atoms with Gasteiger partial charge in [-0.25, -0.2) is 9.78 Å². The molecule has 0 aliphatic carbocycles. The van der Waals surface area contributed by atoms with E-state index in [1.54, 1.807) is 17.4 Å². The number of esters is 1. The highest BCUT2D eigenvalue weighted by Gasteiger charge is 2.19. The van der Waals surface area contributed by atoms with Crippen LogP contribution in [-0.4, -0.2) is 31.9 Å². The van der Waals surface area contributed by atoms with Gasteiger partial charge in [0, 0.05) is 32.0 Å². The van der Waals surface area contributed by atoms with Crippen LogP contribution in [0.5, 0.6) is 0 Å². The van der Waals surface area contributed by atoms with Gasteiger partial charge in [0.25, 0.3) is 5.56 Å². The molecule has 0 radical (unpaired) electrons. The predicted octanol–water partition coefficient (Wildman–Crippen LogP) is 4.97. The maximum absolute atomic E-state index is 13.8. The van der Waals surface area contributed by atoms with Crippen molar-refractivity contribution in [2.75, 3.05) is 12.4 Å². The number of rotatable bonds is 5. The van der Waals surface area contributed by atoms with Gasteiger partial charge in [0.05, 0.1) is 27.6 Å². The van der Waals surface area contributed by atoms with Crippen LogP contribution in [0.2, 0.25) is 0 Å². The summed E-state index contributed by atoms with van der Waals surface area (Å²) in [7, 11) is -1.43. The standard InChI is InChI=1S/C28H20N2O4S/c1-16(2)28(32)34-14-15-35(33)23-13-12-19-25-18(23)8-5-9-20(25)27(31)30-22-11-4-7-17-6-3-10-21(24(17)22)29-26(19)30/h3-13H,1,14-15H2,2H3. The van der Waals surface area contributed by atoms with Crippen LogP contribution < -0.4 is 5.56 Å². The Morgan fingerprint density at radius 1 is 0.971 bits per heavy atom. The minimum absolute atomic E-state index is 0.0153. The molecule has 6 aromatic rings. The molecule has 0 aliphatic heterocycles. The Labute approximate surface area is 202 Å². The summed E-state index contributed by atoms with van der Waals surface area (Å²) >= 11 is 0.